The van der Waals surface area contributed by atoms with Gasteiger partial charge in [0.25, 0.3) is 0 Å². The first-order chi connectivity index (χ1) is 17.9. The summed E-state index contributed by atoms with van der Waals surface area (Å²) in [7, 11) is 0. The van der Waals surface area contributed by atoms with Crippen molar-refractivity contribution in [2.75, 3.05) is 6.54 Å². The minimum atomic E-state index is -0.880. The number of rotatable bonds is 4. The Bertz CT molecular complexity index is 1360. The van der Waals surface area contributed by atoms with Crippen LogP contribution in [0.25, 0.3) is 17.1 Å². The van der Waals surface area contributed by atoms with Crippen molar-refractivity contribution in [3.8, 4) is 11.4 Å². The van der Waals surface area contributed by atoms with Crippen molar-refractivity contribution in [1.82, 2.24) is 24.8 Å². The molecule has 5 rings (SSSR count). The Labute approximate surface area is 213 Å². The molecule has 2 atom stereocenters. The van der Waals surface area contributed by atoms with E-state index in [1.54, 1.807) is 36.4 Å². The first-order valence-electron chi connectivity index (χ1n) is 12.1. The second kappa shape index (κ2) is 10.2. The van der Waals surface area contributed by atoms with E-state index in [-0.39, 0.29) is 11.5 Å². The zero-order chi connectivity index (χ0) is 25.9. The summed E-state index contributed by atoms with van der Waals surface area (Å²) >= 11 is 0. The number of pyridine rings is 1. The Hall–Kier alpha value is -4.60. The molecule has 2 aliphatic heterocycles. The van der Waals surface area contributed by atoms with Crippen LogP contribution < -0.4 is 5.73 Å². The van der Waals surface area contributed by atoms with E-state index in [4.69, 9.17) is 10.5 Å². The Morgan fingerprint density at radius 1 is 1.05 bits per heavy atom. The lowest BCUT2D eigenvalue weighted by atomic mass is 10.0. The van der Waals surface area contributed by atoms with E-state index in [0.29, 0.717) is 48.6 Å². The fraction of sp³-hybridized carbons (Fsp3) is 0.259. The summed E-state index contributed by atoms with van der Waals surface area (Å²) < 4.78 is 5.96. The molecule has 0 aliphatic carbocycles. The second-order valence-electron chi connectivity index (χ2n) is 8.92. The highest BCUT2D eigenvalue weighted by atomic mass is 16.5. The molecule has 1 aromatic carbocycles. The lowest BCUT2D eigenvalue weighted by Crippen LogP contribution is -2.61. The van der Waals surface area contributed by atoms with Crippen LogP contribution in [-0.4, -0.2) is 61.5 Å². The summed E-state index contributed by atoms with van der Waals surface area (Å²) in [4.78, 5) is 54.9. The number of aryl methyl sites for hydroxylation is 1. The summed E-state index contributed by atoms with van der Waals surface area (Å²) in [6.07, 6.45) is 6.16. The monoisotopic (exact) mass is 498 g/mol. The van der Waals surface area contributed by atoms with Crippen molar-refractivity contribution in [3.05, 3.63) is 84.0 Å². The Balaban J connectivity index is 1.46. The molecule has 1 saturated heterocycles. The molecule has 2 aromatic heterocycles. The number of carbonyl (C=O) groups is 3. The third-order valence-corrected chi connectivity index (χ3v) is 6.56. The molecule has 3 amide bonds. The summed E-state index contributed by atoms with van der Waals surface area (Å²) in [6.45, 7) is 2.13. The number of carbonyl (C=O) groups excluding carboxylic acids is 3. The van der Waals surface area contributed by atoms with Gasteiger partial charge in [0, 0.05) is 42.3 Å². The highest BCUT2D eigenvalue weighted by molar-refractivity contribution is 6.01. The molecule has 10 heteroatoms. The molecule has 0 spiro atoms. The van der Waals surface area contributed by atoms with Gasteiger partial charge in [0.15, 0.2) is 12.0 Å². The zero-order valence-corrected chi connectivity index (χ0v) is 20.3. The average molecular weight is 499 g/mol. The highest BCUT2D eigenvalue weighted by Gasteiger charge is 2.45. The van der Waals surface area contributed by atoms with Crippen LogP contribution in [0.15, 0.2) is 67.1 Å². The molecular formula is C27H26N6O4. The van der Waals surface area contributed by atoms with Crippen molar-refractivity contribution >= 4 is 23.6 Å². The predicted molar refractivity (Wildman–Crippen MR) is 134 cm³/mol. The van der Waals surface area contributed by atoms with Crippen LogP contribution in [0.2, 0.25) is 0 Å². The minimum absolute atomic E-state index is 0.216. The van der Waals surface area contributed by atoms with E-state index in [1.807, 2.05) is 30.3 Å². The molecule has 1 fully saturated rings. The summed E-state index contributed by atoms with van der Waals surface area (Å²) in [5.74, 6) is -0.398. The number of fused-ring (bicyclic) bond motifs is 1. The van der Waals surface area contributed by atoms with Gasteiger partial charge >= 0.3 is 12.0 Å². The van der Waals surface area contributed by atoms with Crippen LogP contribution in [-0.2, 0) is 9.53 Å². The Kier molecular flexibility index (Phi) is 6.63. The Morgan fingerprint density at radius 3 is 2.51 bits per heavy atom. The maximum atomic E-state index is 13.3. The van der Waals surface area contributed by atoms with Gasteiger partial charge in [0.2, 0.25) is 5.91 Å². The minimum Gasteiger partial charge on any atom is -0.454 e. The summed E-state index contributed by atoms with van der Waals surface area (Å²) in [5, 5.41) is 0. The third kappa shape index (κ3) is 4.77. The Morgan fingerprint density at radius 2 is 1.81 bits per heavy atom. The predicted octanol–water partition coefficient (Wildman–Crippen LogP) is 3.15. The standard InChI is InChI=1S/C27H26N6O4/c1-17-20(16-30-24(31-17)19-7-3-2-4-8-19)26(35)37-22-9-5-6-14-32-23(34)15-21(18-10-12-29-13-11-18)33(25(22)32)27(28)36/h2-4,7-8,10-13,15-16,22,25H,5-6,9,14H2,1H3,(H2,28,36). The van der Waals surface area contributed by atoms with E-state index < -0.39 is 24.3 Å². The van der Waals surface area contributed by atoms with Crippen LogP contribution in [0.5, 0.6) is 0 Å². The van der Waals surface area contributed by atoms with Crippen molar-refractivity contribution in [2.45, 2.75) is 38.5 Å². The molecule has 3 aromatic rings. The third-order valence-electron chi connectivity index (χ3n) is 6.56. The van der Waals surface area contributed by atoms with Crippen LogP contribution >= 0.6 is 0 Å². The molecule has 2 unspecified atom stereocenters. The largest absolute Gasteiger partial charge is 0.454 e. The first kappa shape index (κ1) is 24.1. The number of benzene rings is 1. The van der Waals surface area contributed by atoms with Crippen molar-refractivity contribution in [3.63, 3.8) is 0 Å². The second-order valence-corrected chi connectivity index (χ2v) is 8.92. The first-order valence-corrected chi connectivity index (χ1v) is 12.1. The van der Waals surface area contributed by atoms with Gasteiger partial charge in [-0.3, -0.25) is 14.7 Å². The summed E-state index contributed by atoms with van der Waals surface area (Å²) in [6, 6.07) is 12.1. The molecule has 0 saturated carbocycles. The number of hydrogen-bond acceptors (Lipinski definition) is 7. The van der Waals surface area contributed by atoms with Crippen LogP contribution in [0, 0.1) is 6.92 Å². The highest BCUT2D eigenvalue weighted by Crippen LogP contribution is 2.34. The van der Waals surface area contributed by atoms with Crippen LogP contribution in [0.4, 0.5) is 4.79 Å². The van der Waals surface area contributed by atoms with E-state index in [9.17, 15) is 14.4 Å². The molecule has 0 bridgehead atoms. The molecule has 2 aliphatic rings. The fourth-order valence-electron chi connectivity index (χ4n) is 4.78. The number of esters is 1. The number of hydrogen-bond donors (Lipinski definition) is 1. The normalized spacial score (nSPS) is 19.5. The van der Waals surface area contributed by atoms with Crippen molar-refractivity contribution in [2.24, 2.45) is 5.73 Å². The molecular weight excluding hydrogens is 472 g/mol. The van der Waals surface area contributed by atoms with Gasteiger partial charge < -0.3 is 15.4 Å². The van der Waals surface area contributed by atoms with Crippen LogP contribution in [0.1, 0.15) is 40.9 Å². The maximum absolute atomic E-state index is 13.3. The van der Waals surface area contributed by atoms with Gasteiger partial charge in [-0.2, -0.15) is 0 Å². The quantitative estimate of drug-likeness (QED) is 0.547. The zero-order valence-electron chi connectivity index (χ0n) is 20.3. The summed E-state index contributed by atoms with van der Waals surface area (Å²) in [5.41, 5.74) is 8.30. The van der Waals surface area contributed by atoms with E-state index in [0.717, 1.165) is 5.56 Å². The number of nitrogens with zero attached hydrogens (tertiary/aromatic N) is 5. The van der Waals surface area contributed by atoms with Crippen LogP contribution in [0.3, 0.4) is 0 Å². The number of primary amides is 1. The topological polar surface area (TPSA) is 132 Å². The molecule has 10 nitrogen and oxygen atoms in total. The number of amides is 3. The number of urea groups is 1. The van der Waals surface area contributed by atoms with Gasteiger partial charge in [-0.05, 0) is 38.3 Å². The van der Waals surface area contributed by atoms with E-state index in [1.165, 1.54) is 17.2 Å². The van der Waals surface area contributed by atoms with Gasteiger partial charge in [0.05, 0.1) is 17.0 Å². The van der Waals surface area contributed by atoms with Gasteiger partial charge in [-0.1, -0.05) is 30.3 Å². The number of nitrogens with two attached hydrogens (primary N) is 1. The number of ether oxygens (including phenoxy) is 1. The molecule has 0 radical (unpaired) electrons. The maximum Gasteiger partial charge on any atom is 0.341 e. The molecule has 188 valence electrons. The van der Waals surface area contributed by atoms with Crippen molar-refractivity contribution in [1.29, 1.82) is 0 Å². The lowest BCUT2D eigenvalue weighted by molar-refractivity contribution is -0.135. The SMILES string of the molecule is Cc1nc(-c2ccccc2)ncc1C(=O)OC1CCCCN2C(=O)C=C(c3ccncc3)N(C(N)=O)C12. The molecule has 37 heavy (non-hydrogen) atoms. The number of aromatic nitrogens is 3. The van der Waals surface area contributed by atoms with E-state index >= 15 is 0 Å². The van der Waals surface area contributed by atoms with E-state index in [2.05, 4.69) is 15.0 Å². The van der Waals surface area contributed by atoms with Crippen molar-refractivity contribution < 1.29 is 19.1 Å². The smallest absolute Gasteiger partial charge is 0.341 e. The van der Waals surface area contributed by atoms with Gasteiger partial charge in [-0.25, -0.2) is 19.6 Å². The van der Waals surface area contributed by atoms with Gasteiger partial charge in [0.1, 0.15) is 6.10 Å². The lowest BCUT2D eigenvalue weighted by Gasteiger charge is -2.44. The average Bonchev–Trinajstić information content (AvgIpc) is 3.12. The fourth-order valence-corrected chi connectivity index (χ4v) is 4.78. The molecule has 4 heterocycles. The van der Waals surface area contributed by atoms with Gasteiger partial charge in [-0.15, -0.1) is 0 Å². The molecule has 2 N–H and O–H groups in total.